The third-order valence-electron chi connectivity index (χ3n) is 5.21. The number of piperidine rings is 1. The number of fused-ring (bicyclic) bond motifs is 1. The molecule has 0 saturated carbocycles. The molecule has 2 N–H and O–H groups in total. The molecular formula is C18H23N5O3. The van der Waals surface area contributed by atoms with Gasteiger partial charge in [-0.1, -0.05) is 0 Å². The molecule has 1 atom stereocenters. The van der Waals surface area contributed by atoms with Gasteiger partial charge < -0.3 is 15.0 Å². The molecule has 2 aliphatic rings. The van der Waals surface area contributed by atoms with Crippen LogP contribution in [0.1, 0.15) is 24.5 Å². The van der Waals surface area contributed by atoms with Gasteiger partial charge in [-0.05, 0) is 18.6 Å². The Morgan fingerprint density at radius 1 is 1.23 bits per heavy atom. The zero-order chi connectivity index (χ0) is 18.3. The monoisotopic (exact) mass is 357 g/mol. The number of aryl methyl sites for hydroxylation is 1. The number of methoxy groups -OCH3 is 1. The summed E-state index contributed by atoms with van der Waals surface area (Å²) in [4.78, 5) is 26.0. The van der Waals surface area contributed by atoms with Crippen molar-refractivity contribution in [2.75, 3.05) is 38.2 Å². The molecule has 0 bridgehead atoms. The van der Waals surface area contributed by atoms with Gasteiger partial charge in [-0.2, -0.15) is 5.10 Å². The first-order valence-electron chi connectivity index (χ1n) is 8.92. The lowest BCUT2D eigenvalue weighted by Gasteiger charge is -2.30. The Kier molecular flexibility index (Phi) is 4.28. The van der Waals surface area contributed by atoms with Crippen LogP contribution in [-0.2, 0) is 16.6 Å². The molecule has 1 unspecified atom stereocenters. The van der Waals surface area contributed by atoms with E-state index in [1.165, 1.54) is 0 Å². The van der Waals surface area contributed by atoms with Crippen molar-refractivity contribution in [1.82, 2.24) is 20.4 Å². The third-order valence-corrected chi connectivity index (χ3v) is 5.21. The van der Waals surface area contributed by atoms with E-state index >= 15 is 0 Å². The maximum absolute atomic E-state index is 12.3. The smallest absolute Gasteiger partial charge is 0.235 e. The number of hydrogen-bond acceptors (Lipinski definition) is 6. The van der Waals surface area contributed by atoms with E-state index in [9.17, 15) is 9.59 Å². The van der Waals surface area contributed by atoms with Gasteiger partial charge >= 0.3 is 0 Å². The number of nitrogens with zero attached hydrogens (tertiary/aromatic N) is 3. The maximum atomic E-state index is 12.3. The first-order chi connectivity index (χ1) is 12.6. The molecule has 2 aliphatic heterocycles. The highest BCUT2D eigenvalue weighted by Crippen LogP contribution is 2.37. The SMILES string of the molecule is COc1cc2c(C3CCC(=O)NC3=O)nn(C)c2cc1N1CCNCC1. The highest BCUT2D eigenvalue weighted by Gasteiger charge is 2.32. The third kappa shape index (κ3) is 2.80. The maximum Gasteiger partial charge on any atom is 0.235 e. The van der Waals surface area contributed by atoms with Crippen molar-refractivity contribution >= 4 is 28.4 Å². The van der Waals surface area contributed by atoms with Crippen molar-refractivity contribution in [3.63, 3.8) is 0 Å². The summed E-state index contributed by atoms with van der Waals surface area (Å²) in [6, 6.07) is 4.06. The summed E-state index contributed by atoms with van der Waals surface area (Å²) in [5.41, 5.74) is 2.70. The summed E-state index contributed by atoms with van der Waals surface area (Å²) < 4.78 is 7.45. The van der Waals surface area contributed by atoms with Crippen LogP contribution in [0.3, 0.4) is 0 Å². The van der Waals surface area contributed by atoms with Crippen LogP contribution in [-0.4, -0.2) is 54.9 Å². The van der Waals surface area contributed by atoms with Crippen molar-refractivity contribution in [3.8, 4) is 5.75 Å². The number of imide groups is 1. The van der Waals surface area contributed by atoms with Crippen molar-refractivity contribution in [2.45, 2.75) is 18.8 Å². The Hall–Kier alpha value is -2.61. The molecule has 4 rings (SSSR count). The van der Waals surface area contributed by atoms with Crippen LogP contribution in [0.2, 0.25) is 0 Å². The molecule has 3 heterocycles. The summed E-state index contributed by atoms with van der Waals surface area (Å²) in [5, 5.41) is 11.3. The van der Waals surface area contributed by atoms with E-state index in [1.54, 1.807) is 11.8 Å². The van der Waals surface area contributed by atoms with Gasteiger partial charge in [0, 0.05) is 45.0 Å². The molecule has 138 valence electrons. The van der Waals surface area contributed by atoms with Gasteiger partial charge in [0.1, 0.15) is 5.75 Å². The van der Waals surface area contributed by atoms with Gasteiger partial charge in [0.05, 0.1) is 29.9 Å². The van der Waals surface area contributed by atoms with Gasteiger partial charge in [-0.3, -0.25) is 19.6 Å². The molecule has 2 saturated heterocycles. The normalized spacial score (nSPS) is 21.2. The molecule has 8 heteroatoms. The van der Waals surface area contributed by atoms with Crippen LogP contribution < -0.4 is 20.3 Å². The zero-order valence-electron chi connectivity index (χ0n) is 15.0. The van der Waals surface area contributed by atoms with Gasteiger partial charge in [0.25, 0.3) is 0 Å². The van der Waals surface area contributed by atoms with Crippen LogP contribution in [0.4, 0.5) is 5.69 Å². The number of piperazine rings is 1. The average molecular weight is 357 g/mol. The van der Waals surface area contributed by atoms with E-state index in [4.69, 9.17) is 4.74 Å². The minimum Gasteiger partial charge on any atom is -0.495 e. The lowest BCUT2D eigenvalue weighted by molar-refractivity contribution is -0.134. The summed E-state index contributed by atoms with van der Waals surface area (Å²) in [6.07, 6.45) is 0.823. The van der Waals surface area contributed by atoms with E-state index in [0.717, 1.165) is 48.5 Å². The molecule has 2 fully saturated rings. The fourth-order valence-corrected chi connectivity index (χ4v) is 3.83. The second kappa shape index (κ2) is 6.60. The number of hydrogen-bond donors (Lipinski definition) is 2. The number of benzene rings is 1. The molecule has 2 aromatic rings. The first kappa shape index (κ1) is 16.8. The zero-order valence-corrected chi connectivity index (χ0v) is 15.0. The molecule has 1 aromatic heterocycles. The van der Waals surface area contributed by atoms with Crippen LogP contribution >= 0.6 is 0 Å². The Morgan fingerprint density at radius 2 is 2.00 bits per heavy atom. The molecule has 0 spiro atoms. The summed E-state index contributed by atoms with van der Waals surface area (Å²) in [6.45, 7) is 3.71. The number of nitrogens with one attached hydrogen (secondary N) is 2. The number of anilines is 1. The largest absolute Gasteiger partial charge is 0.495 e. The molecule has 1 aromatic carbocycles. The summed E-state index contributed by atoms with van der Waals surface area (Å²) in [5.74, 6) is -0.122. The lowest BCUT2D eigenvalue weighted by atomic mass is 9.92. The molecule has 26 heavy (non-hydrogen) atoms. The highest BCUT2D eigenvalue weighted by molar-refractivity contribution is 6.03. The summed E-state index contributed by atoms with van der Waals surface area (Å²) in [7, 11) is 3.54. The van der Waals surface area contributed by atoms with E-state index in [2.05, 4.69) is 26.7 Å². The highest BCUT2D eigenvalue weighted by atomic mass is 16.5. The molecular weight excluding hydrogens is 334 g/mol. The second-order valence-corrected chi connectivity index (χ2v) is 6.79. The molecule has 0 aliphatic carbocycles. The minimum absolute atomic E-state index is 0.218. The van der Waals surface area contributed by atoms with Crippen LogP contribution in [0.25, 0.3) is 10.9 Å². The number of amides is 2. The Balaban J connectivity index is 1.79. The van der Waals surface area contributed by atoms with E-state index in [-0.39, 0.29) is 11.8 Å². The predicted octanol–water partition coefficient (Wildman–Crippen LogP) is 0.512. The van der Waals surface area contributed by atoms with E-state index in [0.29, 0.717) is 18.5 Å². The summed E-state index contributed by atoms with van der Waals surface area (Å²) >= 11 is 0. The number of carbonyl (C=O) groups excluding carboxylic acids is 2. The fourth-order valence-electron chi connectivity index (χ4n) is 3.83. The van der Waals surface area contributed by atoms with Gasteiger partial charge in [-0.15, -0.1) is 0 Å². The number of ether oxygens (including phenoxy) is 1. The van der Waals surface area contributed by atoms with Gasteiger partial charge in [-0.25, -0.2) is 0 Å². The number of carbonyl (C=O) groups is 2. The van der Waals surface area contributed by atoms with Crippen molar-refractivity contribution in [3.05, 3.63) is 17.8 Å². The molecule has 2 amide bonds. The minimum atomic E-state index is -0.411. The lowest BCUT2D eigenvalue weighted by Crippen LogP contribution is -2.43. The van der Waals surface area contributed by atoms with Crippen LogP contribution in [0, 0.1) is 0 Å². The average Bonchev–Trinajstić information content (AvgIpc) is 2.97. The van der Waals surface area contributed by atoms with Crippen molar-refractivity contribution < 1.29 is 14.3 Å². The molecule has 8 nitrogen and oxygen atoms in total. The second-order valence-electron chi connectivity index (χ2n) is 6.79. The van der Waals surface area contributed by atoms with Crippen LogP contribution in [0.5, 0.6) is 5.75 Å². The topological polar surface area (TPSA) is 88.5 Å². The van der Waals surface area contributed by atoms with Crippen molar-refractivity contribution in [1.29, 1.82) is 0 Å². The fraction of sp³-hybridized carbons (Fsp3) is 0.500. The number of rotatable bonds is 3. The number of aromatic nitrogens is 2. The standard InChI is InChI=1S/C18H23N5O3/c1-22-13-10-14(23-7-5-19-6-8-23)15(26-2)9-12(13)17(21-22)11-3-4-16(24)20-18(11)25/h9-11,19H,3-8H2,1-2H3,(H,20,24,25). The van der Waals surface area contributed by atoms with Gasteiger partial charge in [0.2, 0.25) is 11.8 Å². The quantitative estimate of drug-likeness (QED) is 0.779. The Bertz CT molecular complexity index is 869. The van der Waals surface area contributed by atoms with Crippen LogP contribution in [0.15, 0.2) is 12.1 Å². The van der Waals surface area contributed by atoms with E-state index in [1.807, 2.05) is 13.1 Å². The predicted molar refractivity (Wildman–Crippen MR) is 97.5 cm³/mol. The van der Waals surface area contributed by atoms with E-state index < -0.39 is 5.92 Å². The Labute approximate surface area is 151 Å². The van der Waals surface area contributed by atoms with Gasteiger partial charge in [0.15, 0.2) is 0 Å². The molecule has 0 radical (unpaired) electrons. The van der Waals surface area contributed by atoms with Crippen molar-refractivity contribution in [2.24, 2.45) is 7.05 Å². The Morgan fingerprint density at radius 3 is 2.69 bits per heavy atom. The first-order valence-corrected chi connectivity index (χ1v) is 8.92.